The Kier molecular flexibility index (Phi) is 5.69. The van der Waals surface area contributed by atoms with Crippen molar-refractivity contribution >= 4 is 34.2 Å². The van der Waals surface area contributed by atoms with E-state index in [-0.39, 0.29) is 11.9 Å². The molecule has 0 bridgehead atoms. The third-order valence-electron chi connectivity index (χ3n) is 3.84. The quantitative estimate of drug-likeness (QED) is 0.538. The first kappa shape index (κ1) is 18.5. The fraction of sp³-hybridized carbons (Fsp3) is 0.562. The first-order chi connectivity index (χ1) is 11.2. The summed E-state index contributed by atoms with van der Waals surface area (Å²) in [6.07, 6.45) is 2.37. The largest absolute Gasteiger partial charge is 0.444 e. The van der Waals surface area contributed by atoms with Gasteiger partial charge in [0, 0.05) is 29.2 Å². The van der Waals surface area contributed by atoms with Crippen LogP contribution in [-0.4, -0.2) is 46.8 Å². The summed E-state index contributed by atoms with van der Waals surface area (Å²) in [6.45, 7) is 6.94. The highest BCUT2D eigenvalue weighted by atomic mass is 79.9. The van der Waals surface area contributed by atoms with Crippen molar-refractivity contribution in [3.63, 3.8) is 0 Å². The van der Waals surface area contributed by atoms with E-state index in [4.69, 9.17) is 15.9 Å². The van der Waals surface area contributed by atoms with Crippen molar-refractivity contribution in [1.29, 1.82) is 5.41 Å². The summed E-state index contributed by atoms with van der Waals surface area (Å²) in [4.78, 5) is 20.9. The Balaban J connectivity index is 2.00. The van der Waals surface area contributed by atoms with Gasteiger partial charge in [-0.25, -0.2) is 9.79 Å². The fourth-order valence-electron chi connectivity index (χ4n) is 2.69. The number of nitrogens with two attached hydrogens (primary N) is 1. The Labute approximate surface area is 150 Å². The lowest BCUT2D eigenvalue weighted by Crippen LogP contribution is -2.41. The highest BCUT2D eigenvalue weighted by Gasteiger charge is 2.28. The first-order valence-electron chi connectivity index (χ1n) is 7.90. The number of likely N-dealkylation sites (tertiary alicyclic amines) is 1. The average Bonchev–Trinajstić information content (AvgIpc) is 2.88. The molecular weight excluding hydrogens is 374 g/mol. The van der Waals surface area contributed by atoms with Gasteiger partial charge >= 0.3 is 6.09 Å². The Morgan fingerprint density at radius 1 is 1.50 bits per heavy atom. The molecule has 0 radical (unpaired) electrons. The van der Waals surface area contributed by atoms with Crippen LogP contribution in [0, 0.1) is 5.41 Å². The number of hydrogen-bond donors (Lipinski definition) is 3. The number of rotatable bonds is 3. The van der Waals surface area contributed by atoms with E-state index in [9.17, 15) is 4.79 Å². The summed E-state index contributed by atoms with van der Waals surface area (Å²) < 4.78 is 6.25. The molecule has 1 saturated heterocycles. The molecule has 4 N–H and O–H groups in total. The minimum Gasteiger partial charge on any atom is -0.444 e. The molecule has 2 heterocycles. The normalized spacial score (nSPS) is 17.0. The monoisotopic (exact) mass is 397 g/mol. The van der Waals surface area contributed by atoms with Gasteiger partial charge in [0.25, 0.3) is 0 Å². The lowest BCUT2D eigenvalue weighted by molar-refractivity contribution is 0.0204. The van der Waals surface area contributed by atoms with Gasteiger partial charge in [0.15, 0.2) is 0 Å². The van der Waals surface area contributed by atoms with Gasteiger partial charge in [-0.3, -0.25) is 5.41 Å². The molecule has 1 fully saturated rings. The Morgan fingerprint density at radius 3 is 2.67 bits per heavy atom. The Hall–Kier alpha value is -1.83. The van der Waals surface area contributed by atoms with Gasteiger partial charge in [0.1, 0.15) is 17.8 Å². The van der Waals surface area contributed by atoms with Gasteiger partial charge in [0.05, 0.1) is 5.69 Å². The predicted molar refractivity (Wildman–Crippen MR) is 97.8 cm³/mol. The number of amidine groups is 1. The molecule has 24 heavy (non-hydrogen) atoms. The number of piperidine rings is 1. The first-order valence-corrected chi connectivity index (χ1v) is 8.69. The second-order valence-corrected chi connectivity index (χ2v) is 7.69. The zero-order valence-corrected chi connectivity index (χ0v) is 15.8. The molecule has 1 aromatic heterocycles. The molecular formula is C16H24BrN5O2. The topological polar surface area (TPSA) is 108 Å². The van der Waals surface area contributed by atoms with Crippen molar-refractivity contribution < 1.29 is 9.53 Å². The Bertz CT molecular complexity index is 639. The number of nitrogens with zero attached hydrogens (tertiary/aromatic N) is 2. The highest BCUT2D eigenvalue weighted by molar-refractivity contribution is 9.10. The van der Waals surface area contributed by atoms with E-state index in [0.29, 0.717) is 24.7 Å². The number of nitrogens with one attached hydrogen (secondary N) is 2. The van der Waals surface area contributed by atoms with Gasteiger partial charge in [0.2, 0.25) is 0 Å². The number of halogens is 1. The van der Waals surface area contributed by atoms with E-state index < -0.39 is 5.60 Å². The molecule has 1 aromatic rings. The third-order valence-corrected chi connectivity index (χ3v) is 4.46. The third kappa shape index (κ3) is 4.59. The number of carbonyl (C=O) groups excluding carboxylic acids is 1. The average molecular weight is 398 g/mol. The lowest BCUT2D eigenvalue weighted by atomic mass is 9.94. The van der Waals surface area contributed by atoms with E-state index in [1.165, 1.54) is 0 Å². The molecule has 0 atom stereocenters. The second kappa shape index (κ2) is 7.38. The van der Waals surface area contributed by atoms with Crippen molar-refractivity contribution in [2.75, 3.05) is 13.1 Å². The van der Waals surface area contributed by atoms with Crippen LogP contribution in [0.1, 0.15) is 50.9 Å². The van der Waals surface area contributed by atoms with E-state index in [2.05, 4.69) is 25.9 Å². The van der Waals surface area contributed by atoms with Gasteiger partial charge < -0.3 is 20.4 Å². The van der Waals surface area contributed by atoms with E-state index in [1.54, 1.807) is 4.90 Å². The molecule has 7 nitrogen and oxygen atoms in total. The molecule has 1 aliphatic rings. The van der Waals surface area contributed by atoms with Crippen LogP contribution in [0.2, 0.25) is 0 Å². The summed E-state index contributed by atoms with van der Waals surface area (Å²) >= 11 is 3.47. The van der Waals surface area contributed by atoms with Gasteiger partial charge in [-0.15, -0.1) is 0 Å². The summed E-state index contributed by atoms with van der Waals surface area (Å²) in [5, 5.41) is 7.01. The van der Waals surface area contributed by atoms with Crippen molar-refractivity contribution in [2.45, 2.75) is 45.1 Å². The zero-order chi connectivity index (χ0) is 17.9. The highest BCUT2D eigenvalue weighted by Crippen LogP contribution is 2.31. The maximum absolute atomic E-state index is 12.1. The number of aromatic nitrogens is 1. The van der Waals surface area contributed by atoms with Crippen molar-refractivity contribution in [3.05, 3.63) is 21.9 Å². The molecule has 132 valence electrons. The number of amides is 1. The van der Waals surface area contributed by atoms with E-state index in [0.717, 1.165) is 29.3 Å². The second-order valence-electron chi connectivity index (χ2n) is 6.83. The van der Waals surface area contributed by atoms with E-state index in [1.807, 2.05) is 26.8 Å². The Morgan fingerprint density at radius 2 is 2.12 bits per heavy atom. The van der Waals surface area contributed by atoms with Crippen LogP contribution in [-0.2, 0) is 4.74 Å². The molecule has 0 saturated carbocycles. The van der Waals surface area contributed by atoms with Gasteiger partial charge in [-0.05, 0) is 55.6 Å². The van der Waals surface area contributed by atoms with Crippen molar-refractivity contribution in [2.24, 2.45) is 10.7 Å². The van der Waals surface area contributed by atoms with E-state index >= 15 is 0 Å². The molecule has 8 heteroatoms. The zero-order valence-electron chi connectivity index (χ0n) is 14.2. The van der Waals surface area contributed by atoms with Crippen LogP contribution in [0.5, 0.6) is 0 Å². The molecule has 0 spiro atoms. The molecule has 0 unspecified atom stereocenters. The SMILES string of the molecule is CC(C)(C)OC(=O)N1CCC(c2cc(Br)c(C(N)=NC=N)[nH]2)CC1. The molecule has 0 aliphatic carbocycles. The maximum Gasteiger partial charge on any atom is 0.410 e. The van der Waals surface area contributed by atoms with Crippen LogP contribution in [0.3, 0.4) is 0 Å². The summed E-state index contributed by atoms with van der Waals surface area (Å²) in [7, 11) is 0. The van der Waals surface area contributed by atoms with Crippen molar-refractivity contribution in [3.8, 4) is 0 Å². The van der Waals surface area contributed by atoms with Gasteiger partial charge in [-0.1, -0.05) is 0 Å². The minimum absolute atomic E-state index is 0.253. The minimum atomic E-state index is -0.473. The van der Waals surface area contributed by atoms with Gasteiger partial charge in [-0.2, -0.15) is 0 Å². The smallest absolute Gasteiger partial charge is 0.410 e. The van der Waals surface area contributed by atoms with Crippen LogP contribution in [0.25, 0.3) is 0 Å². The number of aliphatic imine (C=N–C) groups is 1. The summed E-state index contributed by atoms with van der Waals surface area (Å²) in [5.74, 6) is 0.593. The van der Waals surface area contributed by atoms with Crippen LogP contribution >= 0.6 is 15.9 Å². The number of H-pyrrole nitrogens is 1. The molecule has 1 aliphatic heterocycles. The number of aromatic amines is 1. The number of hydrogen-bond acceptors (Lipinski definition) is 3. The number of ether oxygens (including phenoxy) is 1. The van der Waals surface area contributed by atoms with Crippen LogP contribution in [0.4, 0.5) is 4.79 Å². The predicted octanol–water partition coefficient (Wildman–Crippen LogP) is 3.20. The maximum atomic E-state index is 12.1. The summed E-state index contributed by atoms with van der Waals surface area (Å²) in [5.41, 5.74) is 7.11. The molecule has 2 rings (SSSR count). The fourth-order valence-corrected chi connectivity index (χ4v) is 3.24. The standard InChI is InChI=1S/C16H24BrN5O2/c1-16(2,3)24-15(23)22-6-4-10(5-7-22)12-8-11(17)13(21-12)14(19)20-9-18/h8-10,21H,4-7H2,1-3H3,(H3,18,19,20). The van der Waals surface area contributed by atoms with Crippen LogP contribution < -0.4 is 5.73 Å². The molecule has 1 amide bonds. The van der Waals surface area contributed by atoms with Crippen LogP contribution in [0.15, 0.2) is 15.5 Å². The summed E-state index contributed by atoms with van der Waals surface area (Å²) in [6, 6.07) is 2.00. The van der Waals surface area contributed by atoms with Crippen molar-refractivity contribution in [1.82, 2.24) is 9.88 Å². The lowest BCUT2D eigenvalue weighted by Gasteiger charge is -2.33. The molecule has 0 aromatic carbocycles. The number of carbonyl (C=O) groups is 1.